The maximum atomic E-state index is 11.9. The highest BCUT2D eigenvalue weighted by Gasteiger charge is 2.25. The minimum absolute atomic E-state index is 0.0593. The molecule has 0 bridgehead atoms. The fourth-order valence-corrected chi connectivity index (χ4v) is 3.40. The minimum atomic E-state index is -0.376. The van der Waals surface area contributed by atoms with E-state index in [1.165, 1.54) is 0 Å². The number of hydrogen-bond acceptors (Lipinski definition) is 6. The number of nitrogens with zero attached hydrogens (tertiary/aromatic N) is 3. The zero-order valence-electron chi connectivity index (χ0n) is 15.3. The van der Waals surface area contributed by atoms with Gasteiger partial charge in [-0.25, -0.2) is 4.98 Å². The molecule has 8 nitrogen and oxygen atoms in total. The predicted octanol–water partition coefficient (Wildman–Crippen LogP) is 3.13. The van der Waals surface area contributed by atoms with Crippen LogP contribution in [0.1, 0.15) is 24.8 Å². The first-order chi connectivity index (χ1) is 14.0. The molecule has 1 saturated carbocycles. The van der Waals surface area contributed by atoms with Crippen LogP contribution in [0.3, 0.4) is 0 Å². The van der Waals surface area contributed by atoms with Gasteiger partial charge in [-0.1, -0.05) is 17.7 Å². The number of benzene rings is 1. The van der Waals surface area contributed by atoms with Crippen molar-refractivity contribution >= 4 is 52.5 Å². The molecule has 1 saturated heterocycles. The van der Waals surface area contributed by atoms with E-state index < -0.39 is 0 Å². The molecule has 2 aliphatic rings. The third-order valence-corrected chi connectivity index (χ3v) is 4.99. The number of aromatic nitrogens is 3. The topological polar surface area (TPSA) is 100 Å². The van der Waals surface area contributed by atoms with Crippen molar-refractivity contribution in [3.63, 3.8) is 0 Å². The quantitative estimate of drug-likeness (QED) is 0.443. The number of anilines is 3. The summed E-state index contributed by atoms with van der Waals surface area (Å²) in [5, 5.41) is 14.1. The van der Waals surface area contributed by atoms with Gasteiger partial charge < -0.3 is 10.6 Å². The van der Waals surface area contributed by atoms with E-state index in [1.54, 1.807) is 22.9 Å². The second-order valence-electron chi connectivity index (χ2n) is 7.14. The summed E-state index contributed by atoms with van der Waals surface area (Å²) in [6.07, 6.45) is 5.60. The Labute approximate surface area is 171 Å². The minimum Gasteiger partial charge on any atom is -0.367 e. The number of halogens is 1. The van der Waals surface area contributed by atoms with E-state index in [0.717, 1.165) is 24.3 Å². The molecule has 2 aromatic heterocycles. The van der Waals surface area contributed by atoms with Gasteiger partial charge in [0.2, 0.25) is 5.91 Å². The number of carbonyl (C=O) groups excluding carboxylic acids is 2. The molecule has 9 heteroatoms. The van der Waals surface area contributed by atoms with Crippen LogP contribution in [0.25, 0.3) is 11.7 Å². The Morgan fingerprint density at radius 2 is 2.10 bits per heavy atom. The normalized spacial score (nSPS) is 17.8. The highest BCUT2D eigenvalue weighted by atomic mass is 35.5. The second kappa shape index (κ2) is 6.89. The lowest BCUT2D eigenvalue weighted by Crippen LogP contribution is -2.19. The molecular weight excluding hydrogens is 392 g/mol. The van der Waals surface area contributed by atoms with Gasteiger partial charge in [-0.05, 0) is 37.1 Å². The molecule has 5 rings (SSSR count). The molecule has 29 heavy (non-hydrogen) atoms. The summed E-state index contributed by atoms with van der Waals surface area (Å²) in [6.45, 7) is 0. The van der Waals surface area contributed by atoms with Crippen molar-refractivity contribution in [3.05, 3.63) is 52.7 Å². The van der Waals surface area contributed by atoms with E-state index in [9.17, 15) is 9.59 Å². The maximum absolute atomic E-state index is 11.9. The van der Waals surface area contributed by atoms with E-state index in [1.807, 2.05) is 24.3 Å². The van der Waals surface area contributed by atoms with E-state index in [0.29, 0.717) is 33.7 Å². The van der Waals surface area contributed by atoms with Gasteiger partial charge in [-0.15, -0.1) is 0 Å². The third-order valence-electron chi connectivity index (χ3n) is 4.75. The Kier molecular flexibility index (Phi) is 4.21. The van der Waals surface area contributed by atoms with Crippen LogP contribution in [0.4, 0.5) is 17.3 Å². The number of carbonyl (C=O) groups is 2. The van der Waals surface area contributed by atoms with Gasteiger partial charge >= 0.3 is 0 Å². The van der Waals surface area contributed by atoms with Crippen molar-refractivity contribution in [2.45, 2.75) is 25.3 Å². The summed E-state index contributed by atoms with van der Waals surface area (Å²) in [5.41, 5.74) is 2.46. The number of imide groups is 1. The average Bonchev–Trinajstić information content (AvgIpc) is 3.31. The summed E-state index contributed by atoms with van der Waals surface area (Å²) in [6, 6.07) is 9.69. The summed E-state index contributed by atoms with van der Waals surface area (Å²) < 4.78 is 1.71. The van der Waals surface area contributed by atoms with Crippen molar-refractivity contribution in [3.8, 4) is 0 Å². The number of fused-ring (bicyclic) bond motifs is 1. The first kappa shape index (κ1) is 17.7. The first-order valence-corrected chi connectivity index (χ1v) is 9.65. The summed E-state index contributed by atoms with van der Waals surface area (Å²) in [7, 11) is 0. The molecule has 0 radical (unpaired) electrons. The van der Waals surface area contributed by atoms with Crippen molar-refractivity contribution < 1.29 is 9.59 Å². The van der Waals surface area contributed by atoms with Crippen molar-refractivity contribution in [2.75, 3.05) is 10.6 Å². The SMILES string of the molecule is O=C1CC(=Cc2cnn3c(NC4CC4)cc(Nc4cccc(Cl)c4)nc23)C(=O)N1. The maximum Gasteiger partial charge on any atom is 0.254 e. The van der Waals surface area contributed by atoms with E-state index >= 15 is 0 Å². The molecule has 1 aliphatic heterocycles. The summed E-state index contributed by atoms with van der Waals surface area (Å²) in [5.74, 6) is 0.748. The molecule has 2 amide bonds. The van der Waals surface area contributed by atoms with E-state index in [4.69, 9.17) is 11.6 Å². The molecule has 1 aliphatic carbocycles. The second-order valence-corrected chi connectivity index (χ2v) is 7.58. The number of nitrogens with one attached hydrogen (secondary N) is 3. The fourth-order valence-electron chi connectivity index (χ4n) is 3.21. The van der Waals surface area contributed by atoms with Crippen molar-refractivity contribution in [1.29, 1.82) is 0 Å². The van der Waals surface area contributed by atoms with Gasteiger partial charge in [0, 0.05) is 34.0 Å². The predicted molar refractivity (Wildman–Crippen MR) is 110 cm³/mol. The number of hydrogen-bond donors (Lipinski definition) is 3. The largest absolute Gasteiger partial charge is 0.367 e. The van der Waals surface area contributed by atoms with E-state index in [-0.39, 0.29) is 18.2 Å². The molecule has 0 spiro atoms. The Morgan fingerprint density at radius 3 is 2.83 bits per heavy atom. The van der Waals surface area contributed by atoms with Crippen LogP contribution >= 0.6 is 11.6 Å². The zero-order valence-corrected chi connectivity index (χ0v) is 16.0. The molecule has 3 aromatic rings. The van der Waals surface area contributed by atoms with Gasteiger partial charge in [-0.3, -0.25) is 14.9 Å². The van der Waals surface area contributed by atoms with Crippen LogP contribution in [-0.2, 0) is 9.59 Å². The highest BCUT2D eigenvalue weighted by Crippen LogP contribution is 2.29. The van der Waals surface area contributed by atoms with Gasteiger partial charge in [0.05, 0.1) is 12.6 Å². The van der Waals surface area contributed by atoms with Crippen LogP contribution in [0.15, 0.2) is 42.1 Å². The van der Waals surface area contributed by atoms with Gasteiger partial charge in [-0.2, -0.15) is 9.61 Å². The zero-order chi connectivity index (χ0) is 20.0. The van der Waals surface area contributed by atoms with Gasteiger partial charge in [0.1, 0.15) is 11.6 Å². The molecule has 0 unspecified atom stereocenters. The Morgan fingerprint density at radius 1 is 1.24 bits per heavy atom. The molecule has 3 N–H and O–H groups in total. The number of rotatable bonds is 5. The van der Waals surface area contributed by atoms with Gasteiger partial charge in [0.15, 0.2) is 5.65 Å². The standard InChI is InChI=1S/C20H17ClN6O2/c21-13-2-1-3-15(8-13)23-16-9-17(24-14-4-5-14)27-19(25-16)12(10-22-27)6-11-7-18(28)26-20(11)29/h1-3,6,8-10,14,24H,4-5,7H2,(H,23,25)(H,26,28,29). The number of amides is 2. The molecule has 0 atom stereocenters. The Bertz CT molecular complexity index is 1180. The smallest absolute Gasteiger partial charge is 0.254 e. The van der Waals surface area contributed by atoms with Crippen LogP contribution in [-0.4, -0.2) is 32.5 Å². The summed E-state index contributed by atoms with van der Waals surface area (Å²) >= 11 is 6.08. The highest BCUT2D eigenvalue weighted by molar-refractivity contribution is 6.30. The molecule has 3 heterocycles. The lowest BCUT2D eigenvalue weighted by Gasteiger charge is -2.12. The average molecular weight is 409 g/mol. The van der Waals surface area contributed by atoms with Crippen molar-refractivity contribution in [2.24, 2.45) is 0 Å². The third kappa shape index (κ3) is 3.66. The van der Waals surface area contributed by atoms with Gasteiger partial charge in [0.25, 0.3) is 5.91 Å². The molecule has 2 fully saturated rings. The lowest BCUT2D eigenvalue weighted by atomic mass is 10.1. The van der Waals surface area contributed by atoms with Crippen LogP contribution in [0, 0.1) is 0 Å². The van der Waals surface area contributed by atoms with E-state index in [2.05, 4.69) is 26.0 Å². The fraction of sp³-hybridized carbons (Fsp3) is 0.200. The Hall–Kier alpha value is -3.39. The molecular formula is C20H17ClN6O2. The van der Waals surface area contributed by atoms with Crippen LogP contribution in [0.2, 0.25) is 5.02 Å². The van der Waals surface area contributed by atoms with Crippen LogP contribution in [0.5, 0.6) is 0 Å². The Balaban J connectivity index is 1.57. The monoisotopic (exact) mass is 408 g/mol. The summed E-state index contributed by atoms with van der Waals surface area (Å²) in [4.78, 5) is 28.1. The van der Waals surface area contributed by atoms with Crippen LogP contribution < -0.4 is 16.0 Å². The lowest BCUT2D eigenvalue weighted by molar-refractivity contribution is -0.124. The molecule has 146 valence electrons. The molecule has 1 aromatic carbocycles. The van der Waals surface area contributed by atoms with Crippen molar-refractivity contribution in [1.82, 2.24) is 19.9 Å². The first-order valence-electron chi connectivity index (χ1n) is 9.28.